The van der Waals surface area contributed by atoms with Crippen molar-refractivity contribution in [2.75, 3.05) is 13.1 Å². The summed E-state index contributed by atoms with van der Waals surface area (Å²) in [6, 6.07) is -1.25. The largest absolute Gasteiger partial charge is 0.481 e. The molecule has 0 aliphatic carbocycles. The second-order valence-electron chi connectivity index (χ2n) is 3.09. The smallest absolute Gasteiger partial charge is 0.322 e. The van der Waals surface area contributed by atoms with Gasteiger partial charge in [-0.25, -0.2) is 0 Å². The minimum Gasteiger partial charge on any atom is -0.481 e. The Hall–Kier alpha value is -2.16. The van der Waals surface area contributed by atoms with Crippen LogP contribution in [0.2, 0.25) is 0 Å². The molecule has 0 unspecified atom stereocenters. The quantitative estimate of drug-likeness (QED) is 0.322. The van der Waals surface area contributed by atoms with E-state index in [1.165, 1.54) is 0 Å². The summed E-state index contributed by atoms with van der Waals surface area (Å²) in [6.07, 6.45) is -0.553. The fourth-order valence-corrected chi connectivity index (χ4v) is 0.816. The van der Waals surface area contributed by atoms with Gasteiger partial charge in [-0.3, -0.25) is 19.2 Å². The van der Waals surface area contributed by atoms with Gasteiger partial charge in [-0.15, -0.1) is 0 Å². The van der Waals surface area contributed by atoms with Gasteiger partial charge in [0.1, 0.15) is 6.54 Å². The van der Waals surface area contributed by atoms with Crippen LogP contribution in [-0.2, 0) is 19.2 Å². The molecule has 0 saturated heterocycles. The van der Waals surface area contributed by atoms with Crippen molar-refractivity contribution >= 4 is 23.8 Å². The molecule has 0 rings (SSSR count). The Morgan fingerprint density at radius 3 is 2.06 bits per heavy atom. The number of carbonyl (C=O) groups excluding carboxylic acids is 2. The molecule has 0 fully saturated rings. The monoisotopic (exact) mass is 247 g/mol. The van der Waals surface area contributed by atoms with Crippen molar-refractivity contribution < 1.29 is 29.4 Å². The van der Waals surface area contributed by atoms with E-state index in [2.05, 4.69) is 5.32 Å². The van der Waals surface area contributed by atoms with E-state index in [1.54, 1.807) is 0 Å². The first-order chi connectivity index (χ1) is 7.82. The summed E-state index contributed by atoms with van der Waals surface area (Å²) < 4.78 is 0. The summed E-state index contributed by atoms with van der Waals surface area (Å²) >= 11 is 0. The van der Waals surface area contributed by atoms with Gasteiger partial charge in [0.25, 0.3) is 0 Å². The predicted molar refractivity (Wildman–Crippen MR) is 53.9 cm³/mol. The van der Waals surface area contributed by atoms with E-state index in [9.17, 15) is 19.2 Å². The van der Waals surface area contributed by atoms with E-state index < -0.39 is 49.3 Å². The first-order valence-corrected chi connectivity index (χ1v) is 4.56. The summed E-state index contributed by atoms with van der Waals surface area (Å²) in [5, 5.41) is 20.7. The van der Waals surface area contributed by atoms with E-state index in [1.807, 2.05) is 5.32 Å². The molecule has 0 radical (unpaired) electrons. The molecule has 0 aromatic rings. The molecule has 0 saturated carbocycles. The van der Waals surface area contributed by atoms with Crippen LogP contribution in [0.15, 0.2) is 0 Å². The van der Waals surface area contributed by atoms with Crippen LogP contribution in [0.4, 0.5) is 0 Å². The maximum absolute atomic E-state index is 11.1. The van der Waals surface area contributed by atoms with E-state index in [-0.39, 0.29) is 0 Å². The number of carbonyl (C=O) groups is 4. The number of amides is 2. The molecular formula is C8H13N3O6. The lowest BCUT2D eigenvalue weighted by molar-refractivity contribution is -0.140. The molecule has 1 atom stereocenters. The van der Waals surface area contributed by atoms with Crippen molar-refractivity contribution in [3.8, 4) is 0 Å². The van der Waals surface area contributed by atoms with Gasteiger partial charge in [-0.05, 0) is 0 Å². The highest BCUT2D eigenvalue weighted by atomic mass is 16.4. The molecule has 2 amide bonds. The number of rotatable bonds is 7. The Labute approximate surface area is 96.0 Å². The fraction of sp³-hybridized carbons (Fsp3) is 0.500. The molecular weight excluding hydrogens is 234 g/mol. The van der Waals surface area contributed by atoms with Crippen LogP contribution in [0, 0.1) is 0 Å². The zero-order chi connectivity index (χ0) is 13.4. The number of nitrogens with two attached hydrogens (primary N) is 1. The van der Waals surface area contributed by atoms with Gasteiger partial charge in [0.05, 0.1) is 19.0 Å². The molecule has 17 heavy (non-hydrogen) atoms. The first kappa shape index (κ1) is 14.8. The Morgan fingerprint density at radius 1 is 1.00 bits per heavy atom. The van der Waals surface area contributed by atoms with Crippen molar-refractivity contribution in [3.05, 3.63) is 0 Å². The third-order valence-corrected chi connectivity index (χ3v) is 1.59. The fourth-order valence-electron chi connectivity index (χ4n) is 0.816. The molecule has 0 aliphatic heterocycles. The van der Waals surface area contributed by atoms with Crippen LogP contribution in [-0.4, -0.2) is 53.1 Å². The van der Waals surface area contributed by atoms with E-state index >= 15 is 0 Å². The molecule has 6 N–H and O–H groups in total. The summed E-state index contributed by atoms with van der Waals surface area (Å²) in [7, 11) is 0. The third-order valence-electron chi connectivity index (χ3n) is 1.59. The zero-order valence-electron chi connectivity index (χ0n) is 8.80. The second-order valence-corrected chi connectivity index (χ2v) is 3.09. The minimum absolute atomic E-state index is 0.459. The SMILES string of the molecule is N[C@@H](CC(=O)O)C(=O)NCC(=O)NCC(=O)O. The maximum Gasteiger partial charge on any atom is 0.322 e. The van der Waals surface area contributed by atoms with Gasteiger partial charge >= 0.3 is 11.9 Å². The van der Waals surface area contributed by atoms with Gasteiger partial charge in [0.15, 0.2) is 0 Å². The number of hydrogen-bond donors (Lipinski definition) is 5. The van der Waals surface area contributed by atoms with Gasteiger partial charge in [0.2, 0.25) is 11.8 Å². The average Bonchev–Trinajstić information content (AvgIpc) is 2.21. The summed E-state index contributed by atoms with van der Waals surface area (Å²) in [6.45, 7) is -1.02. The Morgan fingerprint density at radius 2 is 1.59 bits per heavy atom. The molecule has 0 spiro atoms. The predicted octanol–water partition coefficient (Wildman–Crippen LogP) is -2.89. The van der Waals surface area contributed by atoms with Gasteiger partial charge in [0, 0.05) is 0 Å². The number of carboxylic acid groups (broad SMARTS) is 2. The number of hydrogen-bond acceptors (Lipinski definition) is 5. The molecule has 9 heteroatoms. The van der Waals surface area contributed by atoms with E-state index in [0.717, 1.165) is 0 Å². The maximum atomic E-state index is 11.1. The minimum atomic E-state index is -1.25. The molecule has 0 aromatic heterocycles. The van der Waals surface area contributed by atoms with Crippen LogP contribution >= 0.6 is 0 Å². The Kier molecular flexibility index (Phi) is 6.26. The highest BCUT2D eigenvalue weighted by Crippen LogP contribution is 1.87. The van der Waals surface area contributed by atoms with Crippen molar-refractivity contribution in [2.45, 2.75) is 12.5 Å². The highest BCUT2D eigenvalue weighted by molar-refractivity contribution is 5.90. The normalized spacial score (nSPS) is 11.4. The lowest BCUT2D eigenvalue weighted by Crippen LogP contribution is -2.46. The zero-order valence-corrected chi connectivity index (χ0v) is 8.80. The van der Waals surface area contributed by atoms with Crippen molar-refractivity contribution in [1.29, 1.82) is 0 Å². The first-order valence-electron chi connectivity index (χ1n) is 4.56. The highest BCUT2D eigenvalue weighted by Gasteiger charge is 2.17. The number of nitrogens with one attached hydrogen (secondary N) is 2. The number of carboxylic acids is 2. The lowest BCUT2D eigenvalue weighted by Gasteiger charge is -2.09. The van der Waals surface area contributed by atoms with Crippen molar-refractivity contribution in [3.63, 3.8) is 0 Å². The van der Waals surface area contributed by atoms with Crippen LogP contribution in [0.3, 0.4) is 0 Å². The molecule has 0 aromatic carbocycles. The summed E-state index contributed by atoms with van der Waals surface area (Å²) in [5.74, 6) is -3.95. The molecule has 9 nitrogen and oxygen atoms in total. The standard InChI is InChI=1S/C8H13N3O6/c9-4(1-6(13)14)8(17)11-2-5(12)10-3-7(15)16/h4H,1-3,9H2,(H,10,12)(H,11,17)(H,13,14)(H,15,16)/t4-/m0/s1. The topological polar surface area (TPSA) is 159 Å². The van der Waals surface area contributed by atoms with Crippen molar-refractivity contribution in [2.24, 2.45) is 5.73 Å². The third kappa shape index (κ3) is 7.73. The lowest BCUT2D eigenvalue weighted by atomic mass is 10.2. The molecule has 96 valence electrons. The van der Waals surface area contributed by atoms with Crippen LogP contribution in [0.5, 0.6) is 0 Å². The Bertz CT molecular complexity index is 329. The second kappa shape index (κ2) is 7.17. The van der Waals surface area contributed by atoms with Crippen LogP contribution in [0.1, 0.15) is 6.42 Å². The van der Waals surface area contributed by atoms with Gasteiger partial charge in [-0.1, -0.05) is 0 Å². The van der Waals surface area contributed by atoms with E-state index in [4.69, 9.17) is 15.9 Å². The van der Waals surface area contributed by atoms with Crippen LogP contribution in [0.25, 0.3) is 0 Å². The molecule has 0 heterocycles. The Balaban J connectivity index is 3.87. The summed E-state index contributed by atoms with van der Waals surface area (Å²) in [5.41, 5.74) is 5.21. The van der Waals surface area contributed by atoms with Gasteiger partial charge in [-0.2, -0.15) is 0 Å². The number of aliphatic carboxylic acids is 2. The van der Waals surface area contributed by atoms with E-state index in [0.29, 0.717) is 0 Å². The summed E-state index contributed by atoms with van der Waals surface area (Å²) in [4.78, 5) is 42.4. The molecule has 0 aliphatic rings. The molecule has 0 bridgehead atoms. The van der Waals surface area contributed by atoms with Gasteiger partial charge < -0.3 is 26.6 Å². The van der Waals surface area contributed by atoms with Crippen molar-refractivity contribution in [1.82, 2.24) is 10.6 Å². The van der Waals surface area contributed by atoms with Crippen LogP contribution < -0.4 is 16.4 Å². The average molecular weight is 247 g/mol.